The summed E-state index contributed by atoms with van der Waals surface area (Å²) in [5.74, 6) is 0.540. The van der Waals surface area contributed by atoms with Crippen LogP contribution in [0.3, 0.4) is 0 Å². The fourth-order valence-corrected chi connectivity index (χ4v) is 4.59. The van der Waals surface area contributed by atoms with Gasteiger partial charge in [0.2, 0.25) is 0 Å². The molecule has 1 aliphatic carbocycles. The zero-order valence-corrected chi connectivity index (χ0v) is 11.9. The number of hydrogen-bond acceptors (Lipinski definition) is 6. The van der Waals surface area contributed by atoms with E-state index >= 15 is 0 Å². The first-order valence-corrected chi connectivity index (χ1v) is 7.23. The summed E-state index contributed by atoms with van der Waals surface area (Å²) >= 11 is 1.41. The maximum absolute atomic E-state index is 10.4. The zero-order valence-electron chi connectivity index (χ0n) is 11.1. The molecule has 1 saturated carbocycles. The molecule has 0 radical (unpaired) electrons. The Morgan fingerprint density at radius 1 is 1.22 bits per heavy atom. The molecule has 18 heavy (non-hydrogen) atoms. The van der Waals surface area contributed by atoms with Crippen LogP contribution in [0.5, 0.6) is 0 Å². The van der Waals surface area contributed by atoms with Gasteiger partial charge in [0.25, 0.3) is 0 Å². The van der Waals surface area contributed by atoms with Crippen LogP contribution in [0.25, 0.3) is 0 Å². The normalized spacial score (nSPS) is 49.2. The third-order valence-electron chi connectivity index (χ3n) is 4.62. The SMILES string of the molecule is CC(C)(C)C12C[C@@](CO)(SCN1)[C@@H](O)[C@H](O)[C@H]2O. The van der Waals surface area contributed by atoms with Gasteiger partial charge in [-0.1, -0.05) is 20.8 Å². The van der Waals surface area contributed by atoms with E-state index in [4.69, 9.17) is 0 Å². The summed E-state index contributed by atoms with van der Waals surface area (Å²) in [4.78, 5) is 0. The average molecular weight is 277 g/mol. The van der Waals surface area contributed by atoms with Crippen molar-refractivity contribution in [3.8, 4) is 0 Å². The van der Waals surface area contributed by atoms with Gasteiger partial charge in [0.15, 0.2) is 0 Å². The fraction of sp³-hybridized carbons (Fsp3) is 1.00. The lowest BCUT2D eigenvalue weighted by Crippen LogP contribution is -2.78. The Kier molecular flexibility index (Phi) is 3.50. The molecule has 106 valence electrons. The summed E-state index contributed by atoms with van der Waals surface area (Å²) in [6.07, 6.45) is -2.97. The van der Waals surface area contributed by atoms with Crippen LogP contribution in [-0.4, -0.2) is 61.5 Å². The lowest BCUT2D eigenvalue weighted by molar-refractivity contribution is -0.173. The molecule has 0 aromatic carbocycles. The van der Waals surface area contributed by atoms with E-state index in [1.54, 1.807) is 0 Å². The standard InChI is InChI=1S/C12H23NO4S/c1-10(2,3)12-4-11(5-14,18-6-13-12)8(16)7(15)9(12)17/h7-9,13-17H,4-6H2,1-3H3/t7-,8-,9+,11-,12?/m0/s1. The predicted octanol–water partition coefficient (Wildman–Crippen LogP) is -0.717. The molecule has 5 atom stereocenters. The highest BCUT2D eigenvalue weighted by Crippen LogP contribution is 2.53. The number of aliphatic hydroxyl groups excluding tert-OH is 4. The van der Waals surface area contributed by atoms with Crippen molar-refractivity contribution in [2.45, 2.75) is 55.8 Å². The third-order valence-corrected chi connectivity index (χ3v) is 6.00. The van der Waals surface area contributed by atoms with Crippen LogP contribution in [-0.2, 0) is 0 Å². The number of aliphatic hydroxyl groups is 4. The molecule has 0 spiro atoms. The molecule has 2 bridgehead atoms. The van der Waals surface area contributed by atoms with E-state index in [1.807, 2.05) is 20.8 Å². The Bertz CT molecular complexity index is 335. The second-order valence-electron chi connectivity index (χ2n) is 6.47. The van der Waals surface area contributed by atoms with Gasteiger partial charge in [0.1, 0.15) is 12.2 Å². The number of fused-ring (bicyclic) bond motifs is 2. The second kappa shape index (κ2) is 4.33. The topological polar surface area (TPSA) is 93.0 Å². The molecular weight excluding hydrogens is 254 g/mol. The summed E-state index contributed by atoms with van der Waals surface area (Å²) in [5.41, 5.74) is -0.992. The van der Waals surface area contributed by atoms with Gasteiger partial charge >= 0.3 is 0 Å². The molecule has 1 unspecified atom stereocenters. The second-order valence-corrected chi connectivity index (χ2v) is 7.86. The van der Waals surface area contributed by atoms with Crippen LogP contribution in [0.4, 0.5) is 0 Å². The van der Waals surface area contributed by atoms with Crippen molar-refractivity contribution in [2.24, 2.45) is 5.41 Å². The third kappa shape index (κ3) is 1.74. The molecule has 2 rings (SSSR count). The van der Waals surface area contributed by atoms with Crippen LogP contribution in [0.15, 0.2) is 0 Å². The average Bonchev–Trinajstić information content (AvgIpc) is 2.33. The van der Waals surface area contributed by atoms with Gasteiger partial charge in [-0.25, -0.2) is 0 Å². The molecule has 2 fully saturated rings. The van der Waals surface area contributed by atoms with Crippen LogP contribution in [0, 0.1) is 5.41 Å². The monoisotopic (exact) mass is 277 g/mol. The number of nitrogens with one attached hydrogen (secondary N) is 1. The molecule has 1 aliphatic heterocycles. The molecule has 0 aromatic rings. The number of hydrogen-bond donors (Lipinski definition) is 5. The van der Waals surface area contributed by atoms with Gasteiger partial charge < -0.3 is 20.4 Å². The lowest BCUT2D eigenvalue weighted by Gasteiger charge is -2.62. The maximum Gasteiger partial charge on any atom is 0.109 e. The van der Waals surface area contributed by atoms with Crippen molar-refractivity contribution < 1.29 is 20.4 Å². The van der Waals surface area contributed by atoms with E-state index in [0.29, 0.717) is 12.3 Å². The van der Waals surface area contributed by atoms with Gasteiger partial charge in [-0.05, 0) is 11.8 Å². The van der Waals surface area contributed by atoms with E-state index in [1.165, 1.54) is 11.8 Å². The molecule has 1 heterocycles. The summed E-state index contributed by atoms with van der Waals surface area (Å²) in [7, 11) is 0. The first kappa shape index (κ1) is 14.6. The summed E-state index contributed by atoms with van der Waals surface area (Å²) in [5, 5.41) is 43.6. The van der Waals surface area contributed by atoms with Crippen molar-refractivity contribution in [3.05, 3.63) is 0 Å². The first-order valence-electron chi connectivity index (χ1n) is 6.24. The maximum atomic E-state index is 10.4. The smallest absolute Gasteiger partial charge is 0.109 e. The van der Waals surface area contributed by atoms with Crippen molar-refractivity contribution in [2.75, 3.05) is 12.5 Å². The zero-order chi connectivity index (χ0) is 13.8. The molecule has 6 heteroatoms. The van der Waals surface area contributed by atoms with Gasteiger partial charge in [-0.2, -0.15) is 0 Å². The van der Waals surface area contributed by atoms with Crippen molar-refractivity contribution in [1.29, 1.82) is 0 Å². The molecule has 5 nitrogen and oxygen atoms in total. The Morgan fingerprint density at radius 3 is 2.33 bits per heavy atom. The van der Waals surface area contributed by atoms with E-state index < -0.39 is 28.6 Å². The van der Waals surface area contributed by atoms with E-state index in [-0.39, 0.29) is 12.0 Å². The van der Waals surface area contributed by atoms with Crippen molar-refractivity contribution >= 4 is 11.8 Å². The quantitative estimate of drug-likeness (QED) is 0.434. The molecular formula is C12H23NO4S. The predicted molar refractivity (Wildman–Crippen MR) is 70.2 cm³/mol. The minimum atomic E-state index is -1.24. The Balaban J connectivity index is 2.48. The summed E-state index contributed by atoms with van der Waals surface area (Å²) in [6.45, 7) is 5.77. The van der Waals surface area contributed by atoms with Gasteiger partial charge in [0.05, 0.1) is 23.0 Å². The number of thioether (sulfide) groups is 1. The Morgan fingerprint density at radius 2 is 1.83 bits per heavy atom. The Hall–Kier alpha value is 0.150. The highest BCUT2D eigenvalue weighted by Gasteiger charge is 2.64. The molecule has 0 aromatic heterocycles. The van der Waals surface area contributed by atoms with Crippen LogP contribution < -0.4 is 5.32 Å². The molecule has 5 N–H and O–H groups in total. The van der Waals surface area contributed by atoms with Crippen LogP contribution in [0.2, 0.25) is 0 Å². The largest absolute Gasteiger partial charge is 0.395 e. The summed E-state index contributed by atoms with van der Waals surface area (Å²) in [6, 6.07) is 0. The molecule has 2 aliphatic rings. The highest BCUT2D eigenvalue weighted by molar-refractivity contribution is 8.00. The summed E-state index contributed by atoms with van der Waals surface area (Å²) < 4.78 is -0.794. The number of rotatable bonds is 1. The first-order chi connectivity index (χ1) is 8.20. The van der Waals surface area contributed by atoms with Crippen molar-refractivity contribution in [1.82, 2.24) is 5.32 Å². The molecule has 0 amide bonds. The van der Waals surface area contributed by atoms with E-state index in [2.05, 4.69) is 5.32 Å². The lowest BCUT2D eigenvalue weighted by atomic mass is 9.59. The van der Waals surface area contributed by atoms with Gasteiger partial charge in [-0.3, -0.25) is 5.32 Å². The van der Waals surface area contributed by atoms with Gasteiger partial charge in [0, 0.05) is 5.88 Å². The highest BCUT2D eigenvalue weighted by atomic mass is 32.2. The minimum absolute atomic E-state index is 0.206. The van der Waals surface area contributed by atoms with E-state index in [9.17, 15) is 20.4 Å². The van der Waals surface area contributed by atoms with Crippen molar-refractivity contribution in [3.63, 3.8) is 0 Å². The minimum Gasteiger partial charge on any atom is -0.395 e. The van der Waals surface area contributed by atoms with E-state index in [0.717, 1.165) is 0 Å². The van der Waals surface area contributed by atoms with Gasteiger partial charge in [-0.15, -0.1) is 11.8 Å². The molecule has 1 saturated heterocycles. The fourth-order valence-electron chi connectivity index (χ4n) is 3.24. The van der Waals surface area contributed by atoms with Crippen LogP contribution >= 0.6 is 11.8 Å². The Labute approximate surface area is 112 Å². The van der Waals surface area contributed by atoms with Crippen LogP contribution in [0.1, 0.15) is 27.2 Å².